The minimum atomic E-state index is -3.76. The van der Waals surface area contributed by atoms with E-state index in [2.05, 4.69) is 30.5 Å². The second-order valence-corrected chi connectivity index (χ2v) is 8.99. The monoisotopic (exact) mass is 470 g/mol. The number of rotatable bonds is 6. The van der Waals surface area contributed by atoms with Gasteiger partial charge in [0, 0.05) is 49.8 Å². The van der Waals surface area contributed by atoms with E-state index < -0.39 is 15.8 Å². The highest BCUT2D eigenvalue weighted by molar-refractivity contribution is 9.10. The van der Waals surface area contributed by atoms with Gasteiger partial charge in [-0.1, -0.05) is 0 Å². The number of hydrogen-bond donors (Lipinski definition) is 1. The first-order chi connectivity index (χ1) is 13.3. The number of carbonyl (C=O) groups is 1. The van der Waals surface area contributed by atoms with Gasteiger partial charge in [-0.25, -0.2) is 22.5 Å². The first-order valence-corrected chi connectivity index (χ1v) is 11.0. The van der Waals surface area contributed by atoms with Crippen molar-refractivity contribution in [2.45, 2.75) is 11.3 Å². The number of halogens is 2. The minimum Gasteiger partial charge on any atom is -0.353 e. The van der Waals surface area contributed by atoms with Gasteiger partial charge < -0.3 is 9.80 Å². The molecule has 0 radical (unpaired) electrons. The molecule has 1 aliphatic heterocycles. The molecule has 0 bridgehead atoms. The van der Waals surface area contributed by atoms with Crippen molar-refractivity contribution >= 4 is 37.7 Å². The molecule has 1 N–H and O–H groups in total. The summed E-state index contributed by atoms with van der Waals surface area (Å²) in [7, 11) is -3.76. The summed E-state index contributed by atoms with van der Waals surface area (Å²) in [5, 5.41) is 0. The van der Waals surface area contributed by atoms with Crippen LogP contribution >= 0.6 is 15.9 Å². The van der Waals surface area contributed by atoms with Crippen molar-refractivity contribution in [3.63, 3.8) is 0 Å². The quantitative estimate of drug-likeness (QED) is 0.697. The fourth-order valence-electron chi connectivity index (χ4n) is 2.89. The van der Waals surface area contributed by atoms with E-state index in [9.17, 15) is 17.6 Å². The summed E-state index contributed by atoms with van der Waals surface area (Å²) in [4.78, 5) is 20.5. The second-order valence-electron chi connectivity index (χ2n) is 6.30. The molecule has 1 aromatic carbocycles. The zero-order valence-corrected chi connectivity index (χ0v) is 17.4. The van der Waals surface area contributed by atoms with Crippen LogP contribution in [0.1, 0.15) is 6.42 Å². The molecule has 1 saturated heterocycles. The lowest BCUT2D eigenvalue weighted by molar-refractivity contribution is -0.131. The van der Waals surface area contributed by atoms with E-state index in [1.807, 2.05) is 12.1 Å². The molecule has 2 aromatic rings. The minimum absolute atomic E-state index is 0.00692. The number of aromatic nitrogens is 1. The highest BCUT2D eigenvalue weighted by Gasteiger charge is 2.22. The van der Waals surface area contributed by atoms with Gasteiger partial charge in [0.05, 0.1) is 4.90 Å². The molecule has 1 aromatic heterocycles. The van der Waals surface area contributed by atoms with Crippen LogP contribution in [0.2, 0.25) is 0 Å². The molecule has 10 heteroatoms. The van der Waals surface area contributed by atoms with Gasteiger partial charge in [0.1, 0.15) is 11.6 Å². The lowest BCUT2D eigenvalue weighted by atomic mass is 10.2. The van der Waals surface area contributed by atoms with Gasteiger partial charge in [-0.2, -0.15) is 0 Å². The summed E-state index contributed by atoms with van der Waals surface area (Å²) in [6, 6.07) is 8.39. The van der Waals surface area contributed by atoms with Crippen LogP contribution in [0.25, 0.3) is 0 Å². The lowest BCUT2D eigenvalue weighted by Gasteiger charge is -2.35. The third-order valence-electron chi connectivity index (χ3n) is 4.42. The molecule has 7 nitrogen and oxygen atoms in total. The Labute approximate surface area is 171 Å². The standard InChI is InChI=1S/C18H20BrFN4O3S/c19-14-1-6-17(21-13-14)23-9-11-24(12-10-23)18(25)7-8-22-28(26,27)16-4-2-15(20)3-5-16/h1-6,13,22H,7-12H2. The van der Waals surface area contributed by atoms with Crippen LogP contribution < -0.4 is 9.62 Å². The summed E-state index contributed by atoms with van der Waals surface area (Å²) < 4.78 is 40.5. The zero-order chi connectivity index (χ0) is 20.1. The Bertz CT molecular complexity index is 915. The lowest BCUT2D eigenvalue weighted by Crippen LogP contribution is -2.49. The molecule has 0 saturated carbocycles. The average molecular weight is 471 g/mol. The third-order valence-corrected chi connectivity index (χ3v) is 6.37. The molecule has 0 aliphatic carbocycles. The zero-order valence-electron chi connectivity index (χ0n) is 15.0. The predicted octanol–water partition coefficient (Wildman–Crippen LogP) is 2.00. The number of pyridine rings is 1. The number of anilines is 1. The molecule has 1 amide bonds. The van der Waals surface area contributed by atoms with Crippen molar-refractivity contribution in [1.82, 2.24) is 14.6 Å². The van der Waals surface area contributed by atoms with E-state index in [1.54, 1.807) is 11.1 Å². The Morgan fingerprint density at radius 2 is 1.79 bits per heavy atom. The number of piperazine rings is 1. The Hall–Kier alpha value is -2.04. The van der Waals surface area contributed by atoms with Crippen molar-refractivity contribution in [3.05, 3.63) is 52.9 Å². The van der Waals surface area contributed by atoms with E-state index in [0.29, 0.717) is 26.2 Å². The van der Waals surface area contributed by atoms with Gasteiger partial charge in [-0.15, -0.1) is 0 Å². The summed E-state index contributed by atoms with van der Waals surface area (Å²) in [6.07, 6.45) is 1.80. The number of benzene rings is 1. The summed E-state index contributed by atoms with van der Waals surface area (Å²) in [5.74, 6) is 0.249. The van der Waals surface area contributed by atoms with Gasteiger partial charge in [0.2, 0.25) is 15.9 Å². The fraction of sp³-hybridized carbons (Fsp3) is 0.333. The van der Waals surface area contributed by atoms with Crippen molar-refractivity contribution in [2.24, 2.45) is 0 Å². The van der Waals surface area contributed by atoms with Crippen LogP contribution in [0.5, 0.6) is 0 Å². The van der Waals surface area contributed by atoms with E-state index in [1.165, 1.54) is 12.1 Å². The smallest absolute Gasteiger partial charge is 0.240 e. The van der Waals surface area contributed by atoms with Crippen molar-refractivity contribution < 1.29 is 17.6 Å². The number of hydrogen-bond acceptors (Lipinski definition) is 5. The molecular formula is C18H20BrFN4O3S. The van der Waals surface area contributed by atoms with Crippen LogP contribution in [0.3, 0.4) is 0 Å². The Balaban J connectivity index is 1.45. The normalized spacial score (nSPS) is 14.9. The maximum absolute atomic E-state index is 12.9. The van der Waals surface area contributed by atoms with Crippen LogP contribution in [0.15, 0.2) is 52.0 Å². The molecule has 0 unspecified atom stereocenters. The maximum atomic E-state index is 12.9. The van der Waals surface area contributed by atoms with Gasteiger partial charge in [0.25, 0.3) is 0 Å². The molecule has 2 heterocycles. The van der Waals surface area contributed by atoms with Crippen LogP contribution in [-0.4, -0.2) is 56.9 Å². The molecule has 1 fully saturated rings. The van der Waals surface area contributed by atoms with E-state index in [-0.39, 0.29) is 23.8 Å². The molecule has 3 rings (SSSR count). The summed E-state index contributed by atoms with van der Waals surface area (Å²) >= 11 is 3.35. The van der Waals surface area contributed by atoms with E-state index in [0.717, 1.165) is 22.4 Å². The molecule has 28 heavy (non-hydrogen) atoms. The van der Waals surface area contributed by atoms with Gasteiger partial charge >= 0.3 is 0 Å². The average Bonchev–Trinajstić information content (AvgIpc) is 2.69. The number of nitrogens with one attached hydrogen (secondary N) is 1. The molecule has 150 valence electrons. The van der Waals surface area contributed by atoms with Crippen molar-refractivity contribution in [2.75, 3.05) is 37.6 Å². The third kappa shape index (κ3) is 5.27. The molecule has 1 aliphatic rings. The number of amides is 1. The summed E-state index contributed by atoms with van der Waals surface area (Å²) in [6.45, 7) is 2.44. The Morgan fingerprint density at radius 1 is 1.11 bits per heavy atom. The Kier molecular flexibility index (Phi) is 6.63. The largest absolute Gasteiger partial charge is 0.353 e. The topological polar surface area (TPSA) is 82.6 Å². The predicted molar refractivity (Wildman–Crippen MR) is 107 cm³/mol. The molecule has 0 spiro atoms. The molecular weight excluding hydrogens is 451 g/mol. The number of carbonyl (C=O) groups excluding carboxylic acids is 1. The summed E-state index contributed by atoms with van der Waals surface area (Å²) in [5.41, 5.74) is 0. The van der Waals surface area contributed by atoms with E-state index >= 15 is 0 Å². The first-order valence-electron chi connectivity index (χ1n) is 8.75. The number of nitrogens with zero attached hydrogens (tertiary/aromatic N) is 3. The highest BCUT2D eigenvalue weighted by Crippen LogP contribution is 2.17. The van der Waals surface area contributed by atoms with Crippen LogP contribution in [0.4, 0.5) is 10.2 Å². The van der Waals surface area contributed by atoms with Crippen LogP contribution in [-0.2, 0) is 14.8 Å². The number of sulfonamides is 1. The fourth-order valence-corrected chi connectivity index (χ4v) is 4.15. The molecule has 0 atom stereocenters. The van der Waals surface area contributed by atoms with Crippen molar-refractivity contribution in [1.29, 1.82) is 0 Å². The first kappa shape index (κ1) is 20.7. The second kappa shape index (κ2) is 8.97. The van der Waals surface area contributed by atoms with Gasteiger partial charge in [0.15, 0.2) is 0 Å². The van der Waals surface area contributed by atoms with E-state index in [4.69, 9.17) is 0 Å². The van der Waals surface area contributed by atoms with Crippen LogP contribution in [0, 0.1) is 5.82 Å². The Morgan fingerprint density at radius 3 is 2.39 bits per heavy atom. The van der Waals surface area contributed by atoms with Crippen molar-refractivity contribution in [3.8, 4) is 0 Å². The highest BCUT2D eigenvalue weighted by atomic mass is 79.9. The van der Waals surface area contributed by atoms with Gasteiger partial charge in [-0.3, -0.25) is 4.79 Å². The SMILES string of the molecule is O=C(CCNS(=O)(=O)c1ccc(F)cc1)N1CCN(c2ccc(Br)cn2)CC1. The van der Waals surface area contributed by atoms with Gasteiger partial charge in [-0.05, 0) is 52.3 Å². The maximum Gasteiger partial charge on any atom is 0.240 e.